The van der Waals surface area contributed by atoms with Crippen molar-refractivity contribution < 1.29 is 22.3 Å². The molecule has 30 heavy (non-hydrogen) atoms. The molecule has 0 spiro atoms. The van der Waals surface area contributed by atoms with E-state index in [2.05, 4.69) is 4.99 Å². The molecule has 0 fully saturated rings. The fraction of sp³-hybridized carbons (Fsp3) is 0.261. The number of rotatable bonds is 5. The largest absolute Gasteiger partial charge is 0.454 e. The number of sulfone groups is 1. The van der Waals surface area contributed by atoms with Crippen molar-refractivity contribution in [2.45, 2.75) is 18.7 Å². The Bertz CT molecular complexity index is 1150. The number of methoxy groups -OCH3 is 1. The van der Waals surface area contributed by atoms with E-state index >= 15 is 0 Å². The summed E-state index contributed by atoms with van der Waals surface area (Å²) in [5.41, 5.74) is 5.33. The van der Waals surface area contributed by atoms with E-state index in [9.17, 15) is 12.8 Å². The lowest BCUT2D eigenvalue weighted by atomic mass is 10.0. The van der Waals surface area contributed by atoms with E-state index in [4.69, 9.17) is 9.47 Å². The average molecular weight is 430 g/mol. The third kappa shape index (κ3) is 4.62. The van der Waals surface area contributed by atoms with Crippen LogP contribution in [0.3, 0.4) is 0 Å². The molecule has 0 radical (unpaired) electrons. The number of allylic oxidation sites excluding steroid dienone is 2. The van der Waals surface area contributed by atoms with Crippen molar-refractivity contribution in [2.75, 3.05) is 26.5 Å². The highest BCUT2D eigenvalue weighted by Gasteiger charge is 2.24. The van der Waals surface area contributed by atoms with Crippen LogP contribution in [-0.4, -0.2) is 41.0 Å². The van der Waals surface area contributed by atoms with Crippen molar-refractivity contribution >= 4 is 33.1 Å². The van der Waals surface area contributed by atoms with Crippen molar-refractivity contribution in [2.24, 2.45) is 4.99 Å². The number of ether oxygens (including phenoxy) is 2. The van der Waals surface area contributed by atoms with Crippen LogP contribution >= 0.6 is 0 Å². The Morgan fingerprint density at radius 1 is 1.13 bits per heavy atom. The number of aliphatic imine (C=N–C) groups is 1. The first-order chi connectivity index (χ1) is 14.2. The molecule has 7 heteroatoms. The fourth-order valence-corrected chi connectivity index (χ4v) is 4.00. The fourth-order valence-electron chi connectivity index (χ4n) is 3.37. The van der Waals surface area contributed by atoms with Gasteiger partial charge in [-0.2, -0.15) is 0 Å². The van der Waals surface area contributed by atoms with E-state index in [-0.39, 0.29) is 23.3 Å². The summed E-state index contributed by atoms with van der Waals surface area (Å²) in [6.07, 6.45) is 3.33. The monoisotopic (exact) mass is 429 g/mol. The molecule has 5 nitrogen and oxygen atoms in total. The molecule has 2 aromatic carbocycles. The Morgan fingerprint density at radius 2 is 1.83 bits per heavy atom. The van der Waals surface area contributed by atoms with Crippen LogP contribution < -0.4 is 0 Å². The predicted octanol–water partition coefficient (Wildman–Crippen LogP) is 4.60. The zero-order chi connectivity index (χ0) is 21.9. The van der Waals surface area contributed by atoms with E-state index in [1.807, 2.05) is 19.9 Å². The van der Waals surface area contributed by atoms with Crippen LogP contribution in [0.4, 0.5) is 4.39 Å². The average Bonchev–Trinajstić information content (AvgIpc) is 2.95. The van der Waals surface area contributed by atoms with Crippen LogP contribution in [-0.2, 0) is 19.3 Å². The summed E-state index contributed by atoms with van der Waals surface area (Å²) < 4.78 is 47.8. The van der Waals surface area contributed by atoms with Crippen LogP contribution in [0.25, 0.3) is 17.2 Å². The van der Waals surface area contributed by atoms with E-state index < -0.39 is 9.84 Å². The number of fused-ring (bicyclic) bond motifs is 1. The maximum Gasteiger partial charge on any atom is 0.383 e. The van der Waals surface area contributed by atoms with Gasteiger partial charge in [0.05, 0.1) is 25.2 Å². The van der Waals surface area contributed by atoms with Gasteiger partial charge in [-0.25, -0.2) is 17.8 Å². The molecule has 0 bridgehead atoms. The molecule has 0 aliphatic heterocycles. The molecule has 0 aromatic heterocycles. The molecule has 158 valence electrons. The van der Waals surface area contributed by atoms with Crippen LogP contribution in [0.15, 0.2) is 57.9 Å². The zero-order valence-electron chi connectivity index (χ0n) is 17.4. The van der Waals surface area contributed by atoms with Crippen molar-refractivity contribution in [1.29, 1.82) is 0 Å². The van der Waals surface area contributed by atoms with Gasteiger partial charge in [0, 0.05) is 6.26 Å². The molecular formula is C23H24FNO4S. The number of hydrogen-bond donors (Lipinski definition) is 0. The summed E-state index contributed by atoms with van der Waals surface area (Å²) in [5, 5.41) is 0. The van der Waals surface area contributed by atoms with Gasteiger partial charge in [0.25, 0.3) is 0 Å². The molecule has 0 unspecified atom stereocenters. The van der Waals surface area contributed by atoms with Crippen molar-refractivity contribution in [3.8, 4) is 0 Å². The molecule has 3 rings (SSSR count). The lowest BCUT2D eigenvalue weighted by Crippen LogP contribution is -2.08. The molecule has 0 saturated heterocycles. The molecule has 1 aliphatic rings. The van der Waals surface area contributed by atoms with Gasteiger partial charge < -0.3 is 9.47 Å². The quantitative estimate of drug-likeness (QED) is 0.515. The van der Waals surface area contributed by atoms with Gasteiger partial charge in [-0.1, -0.05) is 18.2 Å². The second-order valence-corrected chi connectivity index (χ2v) is 8.93. The Kier molecular flexibility index (Phi) is 6.41. The van der Waals surface area contributed by atoms with E-state index in [0.717, 1.165) is 33.4 Å². The van der Waals surface area contributed by atoms with E-state index in [1.165, 1.54) is 25.5 Å². The summed E-state index contributed by atoms with van der Waals surface area (Å²) >= 11 is 0. The van der Waals surface area contributed by atoms with Gasteiger partial charge >= 0.3 is 6.08 Å². The van der Waals surface area contributed by atoms with Gasteiger partial charge in [-0.3, -0.25) is 0 Å². The van der Waals surface area contributed by atoms with Crippen molar-refractivity contribution in [1.82, 2.24) is 0 Å². The standard InChI is InChI=1S/C23H24FNO4S/c1-5-29-23(28-3)25-14-22-15(2)20(19-11-8-17(24)13-21(19)22)12-16-6-9-18(10-7-16)30(4,26)27/h6-13H,5,14H2,1-4H3. The minimum absolute atomic E-state index is 0.185. The highest BCUT2D eigenvalue weighted by molar-refractivity contribution is 7.90. The number of benzene rings is 2. The van der Waals surface area contributed by atoms with E-state index in [0.29, 0.717) is 6.61 Å². The molecule has 0 atom stereocenters. The van der Waals surface area contributed by atoms with Crippen LogP contribution in [0.1, 0.15) is 30.5 Å². The maximum absolute atomic E-state index is 14.0. The summed E-state index contributed by atoms with van der Waals surface area (Å²) in [6.45, 7) is 4.53. The van der Waals surface area contributed by atoms with Crippen molar-refractivity contribution in [3.05, 3.63) is 70.5 Å². The van der Waals surface area contributed by atoms with Gasteiger partial charge in [-0.15, -0.1) is 0 Å². The summed E-state index contributed by atoms with van der Waals surface area (Å²) in [7, 11) is -1.76. The Labute approximate surface area is 176 Å². The third-order valence-electron chi connectivity index (χ3n) is 4.88. The second-order valence-electron chi connectivity index (χ2n) is 6.91. The number of halogens is 1. The van der Waals surface area contributed by atoms with E-state index in [1.54, 1.807) is 30.3 Å². The highest BCUT2D eigenvalue weighted by Crippen LogP contribution is 2.42. The molecule has 2 aromatic rings. The zero-order valence-corrected chi connectivity index (χ0v) is 18.2. The first kappa shape index (κ1) is 21.8. The SMILES string of the molecule is CCOC(=NCC1=C(C)C(=Cc2ccc(S(C)(=O)=O)cc2)c2ccc(F)cc21)OC. The van der Waals surface area contributed by atoms with Gasteiger partial charge in [0.15, 0.2) is 9.84 Å². The van der Waals surface area contributed by atoms with Crippen LogP contribution in [0.5, 0.6) is 0 Å². The third-order valence-corrected chi connectivity index (χ3v) is 6.01. The Balaban J connectivity index is 2.04. The van der Waals surface area contributed by atoms with Crippen molar-refractivity contribution in [3.63, 3.8) is 0 Å². The lowest BCUT2D eigenvalue weighted by Gasteiger charge is -2.07. The first-order valence-electron chi connectivity index (χ1n) is 9.48. The lowest BCUT2D eigenvalue weighted by molar-refractivity contribution is 0.207. The van der Waals surface area contributed by atoms with Gasteiger partial charge in [-0.05, 0) is 77.6 Å². The number of hydrogen-bond acceptors (Lipinski definition) is 5. The maximum atomic E-state index is 14.0. The second kappa shape index (κ2) is 8.83. The summed E-state index contributed by atoms with van der Waals surface area (Å²) in [5.74, 6) is -0.321. The molecular weight excluding hydrogens is 405 g/mol. The topological polar surface area (TPSA) is 65.0 Å². The number of nitrogens with zero attached hydrogens (tertiary/aromatic N) is 1. The van der Waals surface area contributed by atoms with Crippen LogP contribution in [0, 0.1) is 5.82 Å². The summed E-state index contributed by atoms with van der Waals surface area (Å²) in [6, 6.07) is 11.4. The smallest absolute Gasteiger partial charge is 0.383 e. The minimum atomic E-state index is -3.25. The van der Waals surface area contributed by atoms with Crippen LogP contribution in [0.2, 0.25) is 0 Å². The molecule has 0 heterocycles. The molecule has 0 saturated carbocycles. The molecule has 0 amide bonds. The predicted molar refractivity (Wildman–Crippen MR) is 117 cm³/mol. The highest BCUT2D eigenvalue weighted by atomic mass is 32.2. The Morgan fingerprint density at radius 3 is 2.43 bits per heavy atom. The van der Waals surface area contributed by atoms with Gasteiger partial charge in [0.1, 0.15) is 5.82 Å². The Hall–Kier alpha value is -2.93. The minimum Gasteiger partial charge on any atom is -0.454 e. The normalized spacial score (nSPS) is 15.5. The van der Waals surface area contributed by atoms with Gasteiger partial charge in [0.2, 0.25) is 0 Å². The first-order valence-corrected chi connectivity index (χ1v) is 11.4. The summed E-state index contributed by atoms with van der Waals surface area (Å²) in [4.78, 5) is 4.64. The molecule has 0 N–H and O–H groups in total. The molecule has 1 aliphatic carbocycles.